The molecule has 7 nitrogen and oxygen atoms in total. The number of hydrogen-bond acceptors (Lipinski definition) is 5. The number of aromatic nitrogens is 3. The standard InChI is InChI=1S/C21H16FN5O2S/c22-15-10-8-14(9-11-15)13-18(28)24-25-21(29)19-23-20(17-7-4-12-30-17)27(26-19)16-5-2-1-3-6-16/h1-12H,13H2,(H,24,28)(H,25,29). The predicted molar refractivity (Wildman–Crippen MR) is 110 cm³/mol. The van der Waals surface area contributed by atoms with Crippen molar-refractivity contribution in [3.63, 3.8) is 0 Å². The molecule has 0 saturated heterocycles. The number of hydrogen-bond donors (Lipinski definition) is 2. The number of amides is 2. The van der Waals surface area contributed by atoms with Crippen molar-refractivity contribution in [2.24, 2.45) is 0 Å². The first-order chi connectivity index (χ1) is 14.6. The number of benzene rings is 2. The van der Waals surface area contributed by atoms with E-state index in [0.717, 1.165) is 10.6 Å². The molecule has 0 fully saturated rings. The minimum atomic E-state index is -0.644. The summed E-state index contributed by atoms with van der Waals surface area (Å²) < 4.78 is 14.5. The van der Waals surface area contributed by atoms with Crippen LogP contribution in [0.3, 0.4) is 0 Å². The molecule has 9 heteroatoms. The van der Waals surface area contributed by atoms with Gasteiger partial charge in [-0.3, -0.25) is 20.4 Å². The molecule has 0 bridgehead atoms. The van der Waals surface area contributed by atoms with Crippen LogP contribution < -0.4 is 10.9 Å². The largest absolute Gasteiger partial charge is 0.309 e. The molecule has 0 radical (unpaired) electrons. The molecule has 2 heterocycles. The third-order valence-electron chi connectivity index (χ3n) is 4.15. The van der Waals surface area contributed by atoms with Crippen molar-refractivity contribution in [1.29, 1.82) is 0 Å². The molecule has 0 aliphatic rings. The second-order valence-electron chi connectivity index (χ2n) is 6.29. The molecular weight excluding hydrogens is 405 g/mol. The molecule has 0 unspecified atom stereocenters. The predicted octanol–water partition coefficient (Wildman–Crippen LogP) is 3.14. The van der Waals surface area contributed by atoms with E-state index in [0.29, 0.717) is 11.4 Å². The highest BCUT2D eigenvalue weighted by Crippen LogP contribution is 2.25. The lowest BCUT2D eigenvalue weighted by atomic mass is 10.1. The second-order valence-corrected chi connectivity index (χ2v) is 7.24. The Morgan fingerprint density at radius 3 is 2.43 bits per heavy atom. The molecule has 0 aliphatic carbocycles. The number of nitrogens with one attached hydrogen (secondary N) is 2. The van der Waals surface area contributed by atoms with Gasteiger partial charge in [0, 0.05) is 0 Å². The van der Waals surface area contributed by atoms with E-state index >= 15 is 0 Å². The SMILES string of the molecule is O=C(Cc1ccc(F)cc1)NNC(=O)c1nc(-c2cccs2)n(-c2ccccc2)n1. The van der Waals surface area contributed by atoms with Gasteiger partial charge < -0.3 is 0 Å². The number of nitrogens with zero attached hydrogens (tertiary/aromatic N) is 3. The van der Waals surface area contributed by atoms with Crippen LogP contribution in [0.4, 0.5) is 4.39 Å². The maximum absolute atomic E-state index is 13.0. The van der Waals surface area contributed by atoms with E-state index in [1.807, 2.05) is 47.8 Å². The molecular formula is C21H16FN5O2S. The number of para-hydroxylation sites is 1. The zero-order valence-corrected chi connectivity index (χ0v) is 16.4. The molecule has 4 aromatic rings. The second kappa shape index (κ2) is 8.66. The van der Waals surface area contributed by atoms with Gasteiger partial charge in [-0.05, 0) is 41.3 Å². The van der Waals surface area contributed by atoms with Crippen LogP contribution in [0, 0.1) is 5.82 Å². The number of thiophene rings is 1. The van der Waals surface area contributed by atoms with Gasteiger partial charge in [0.05, 0.1) is 17.0 Å². The maximum atomic E-state index is 13.0. The van der Waals surface area contributed by atoms with Crippen LogP contribution in [-0.2, 0) is 11.2 Å². The van der Waals surface area contributed by atoms with E-state index in [2.05, 4.69) is 20.9 Å². The van der Waals surface area contributed by atoms with Crippen LogP contribution in [0.5, 0.6) is 0 Å². The van der Waals surface area contributed by atoms with E-state index in [1.165, 1.54) is 35.6 Å². The maximum Gasteiger partial charge on any atom is 0.309 e. The minimum absolute atomic E-state index is 0.00705. The molecule has 4 rings (SSSR count). The van der Waals surface area contributed by atoms with Crippen molar-refractivity contribution in [3.05, 3.63) is 89.3 Å². The first-order valence-electron chi connectivity index (χ1n) is 9.00. The Bertz CT molecular complexity index is 1160. The Hall–Kier alpha value is -3.85. The third kappa shape index (κ3) is 4.41. The molecule has 0 saturated carbocycles. The lowest BCUT2D eigenvalue weighted by Crippen LogP contribution is -2.42. The van der Waals surface area contributed by atoms with Crippen LogP contribution in [0.1, 0.15) is 16.2 Å². The first-order valence-corrected chi connectivity index (χ1v) is 9.88. The summed E-state index contributed by atoms with van der Waals surface area (Å²) in [6, 6.07) is 18.7. The van der Waals surface area contributed by atoms with Crippen molar-refractivity contribution in [2.45, 2.75) is 6.42 Å². The number of carbonyl (C=O) groups is 2. The molecule has 150 valence electrons. The summed E-state index contributed by atoms with van der Waals surface area (Å²) in [6.45, 7) is 0. The smallest absolute Gasteiger partial charge is 0.273 e. The Morgan fingerprint density at radius 1 is 0.967 bits per heavy atom. The van der Waals surface area contributed by atoms with E-state index < -0.39 is 11.8 Å². The molecule has 30 heavy (non-hydrogen) atoms. The molecule has 2 aromatic heterocycles. The molecule has 2 aromatic carbocycles. The van der Waals surface area contributed by atoms with Crippen LogP contribution in [0.25, 0.3) is 16.4 Å². The number of carbonyl (C=O) groups excluding carboxylic acids is 2. The first kappa shape index (κ1) is 19.5. The van der Waals surface area contributed by atoms with Gasteiger partial charge in [-0.15, -0.1) is 16.4 Å². The molecule has 0 aliphatic heterocycles. The Balaban J connectivity index is 1.49. The summed E-state index contributed by atoms with van der Waals surface area (Å²) >= 11 is 1.48. The highest BCUT2D eigenvalue weighted by atomic mass is 32.1. The van der Waals surface area contributed by atoms with Gasteiger partial charge in [0.15, 0.2) is 5.82 Å². The monoisotopic (exact) mass is 421 g/mol. The van der Waals surface area contributed by atoms with Crippen molar-refractivity contribution in [3.8, 4) is 16.4 Å². The average Bonchev–Trinajstić information content (AvgIpc) is 3.44. The highest BCUT2D eigenvalue weighted by Gasteiger charge is 2.19. The summed E-state index contributed by atoms with van der Waals surface area (Å²) in [5.41, 5.74) is 6.03. The third-order valence-corrected chi connectivity index (χ3v) is 5.01. The Kier molecular flexibility index (Phi) is 5.62. The summed E-state index contributed by atoms with van der Waals surface area (Å²) in [7, 11) is 0. The Morgan fingerprint density at radius 2 is 1.73 bits per heavy atom. The summed E-state index contributed by atoms with van der Waals surface area (Å²) in [6.07, 6.45) is -0.00705. The molecule has 2 N–H and O–H groups in total. The number of hydrazine groups is 1. The van der Waals surface area contributed by atoms with Gasteiger partial charge in [-0.25, -0.2) is 14.1 Å². The fourth-order valence-corrected chi connectivity index (χ4v) is 3.44. The number of halogens is 1. The zero-order valence-electron chi connectivity index (χ0n) is 15.6. The van der Waals surface area contributed by atoms with Gasteiger partial charge in [-0.2, -0.15) is 0 Å². The van der Waals surface area contributed by atoms with E-state index in [1.54, 1.807) is 4.68 Å². The van der Waals surface area contributed by atoms with Crippen molar-refractivity contribution in [1.82, 2.24) is 25.6 Å². The average molecular weight is 421 g/mol. The highest BCUT2D eigenvalue weighted by molar-refractivity contribution is 7.13. The van der Waals surface area contributed by atoms with Crippen LogP contribution in [0.2, 0.25) is 0 Å². The quantitative estimate of drug-likeness (QED) is 0.485. The lowest BCUT2D eigenvalue weighted by Gasteiger charge is -2.05. The normalized spacial score (nSPS) is 10.6. The van der Waals surface area contributed by atoms with Crippen LogP contribution in [-0.4, -0.2) is 26.6 Å². The van der Waals surface area contributed by atoms with Crippen LogP contribution >= 0.6 is 11.3 Å². The van der Waals surface area contributed by atoms with E-state index in [-0.39, 0.29) is 18.1 Å². The fraction of sp³-hybridized carbons (Fsp3) is 0.0476. The van der Waals surface area contributed by atoms with Crippen molar-refractivity contribution < 1.29 is 14.0 Å². The Labute approximate surface area is 175 Å². The van der Waals surface area contributed by atoms with E-state index in [9.17, 15) is 14.0 Å². The van der Waals surface area contributed by atoms with Gasteiger partial charge >= 0.3 is 5.91 Å². The van der Waals surface area contributed by atoms with Gasteiger partial charge in [0.2, 0.25) is 11.7 Å². The van der Waals surface area contributed by atoms with Crippen LogP contribution in [0.15, 0.2) is 72.1 Å². The minimum Gasteiger partial charge on any atom is -0.273 e. The molecule has 0 atom stereocenters. The van der Waals surface area contributed by atoms with Crippen molar-refractivity contribution >= 4 is 23.2 Å². The number of rotatable bonds is 5. The summed E-state index contributed by atoms with van der Waals surface area (Å²) in [4.78, 5) is 29.8. The topological polar surface area (TPSA) is 88.9 Å². The zero-order chi connectivity index (χ0) is 20.9. The molecule has 2 amide bonds. The summed E-state index contributed by atoms with van der Waals surface area (Å²) in [5.74, 6) is -1.02. The van der Waals surface area contributed by atoms with Gasteiger partial charge in [0.1, 0.15) is 5.82 Å². The fourth-order valence-electron chi connectivity index (χ4n) is 2.74. The van der Waals surface area contributed by atoms with Gasteiger partial charge in [-0.1, -0.05) is 36.4 Å². The van der Waals surface area contributed by atoms with Crippen molar-refractivity contribution in [2.75, 3.05) is 0 Å². The molecule has 0 spiro atoms. The van der Waals surface area contributed by atoms with E-state index in [4.69, 9.17) is 0 Å². The summed E-state index contributed by atoms with van der Waals surface area (Å²) in [5, 5.41) is 6.23. The van der Waals surface area contributed by atoms with Gasteiger partial charge in [0.25, 0.3) is 0 Å². The lowest BCUT2D eigenvalue weighted by molar-refractivity contribution is -0.121.